The van der Waals surface area contributed by atoms with Crippen LogP contribution in [0.15, 0.2) is 54.9 Å². The van der Waals surface area contributed by atoms with Gasteiger partial charge in [0.15, 0.2) is 0 Å². The van der Waals surface area contributed by atoms with Crippen LogP contribution in [-0.2, 0) is 17.5 Å². The molecule has 4 aromatic rings. The summed E-state index contributed by atoms with van der Waals surface area (Å²) >= 11 is 0.817. The summed E-state index contributed by atoms with van der Waals surface area (Å²) in [6.07, 6.45) is -0.0578. The van der Waals surface area contributed by atoms with Crippen molar-refractivity contribution in [2.45, 2.75) is 31.5 Å². The van der Waals surface area contributed by atoms with E-state index in [4.69, 9.17) is 5.73 Å². The first kappa shape index (κ1) is 29.0. The summed E-state index contributed by atoms with van der Waals surface area (Å²) in [5.41, 5.74) is 5.80. The number of rotatable bonds is 6. The number of benzene rings is 1. The number of anilines is 1. The van der Waals surface area contributed by atoms with Gasteiger partial charge >= 0.3 is 6.18 Å². The highest BCUT2D eigenvalue weighted by Crippen LogP contribution is 2.40. The lowest BCUT2D eigenvalue weighted by atomic mass is 10.0. The van der Waals surface area contributed by atoms with Gasteiger partial charge < -0.3 is 16.0 Å². The van der Waals surface area contributed by atoms with Crippen LogP contribution in [0.25, 0.3) is 27.6 Å². The lowest BCUT2D eigenvalue weighted by Crippen LogP contribution is -2.42. The molecule has 5 rings (SSSR count). The van der Waals surface area contributed by atoms with Crippen LogP contribution in [0.2, 0.25) is 0 Å². The molecule has 0 aliphatic carbocycles. The summed E-state index contributed by atoms with van der Waals surface area (Å²) in [5, 5.41) is 2.87. The number of nitrogens with zero attached hydrogens (tertiary/aromatic N) is 4. The Bertz CT molecular complexity index is 1640. The zero-order valence-electron chi connectivity index (χ0n) is 21.8. The molecule has 1 aliphatic heterocycles. The molecule has 3 N–H and O–H groups in total. The lowest BCUT2D eigenvalue weighted by Gasteiger charge is -2.31. The Kier molecular flexibility index (Phi) is 7.91. The minimum atomic E-state index is -4.69. The van der Waals surface area contributed by atoms with E-state index in [0.717, 1.165) is 17.4 Å². The topological polar surface area (TPSA) is 114 Å². The Hall–Kier alpha value is -4.46. The van der Waals surface area contributed by atoms with Crippen molar-refractivity contribution >= 4 is 45.3 Å². The molecule has 1 aromatic carbocycles. The Balaban J connectivity index is 1.33. The molecule has 0 bridgehead atoms. The van der Waals surface area contributed by atoms with E-state index in [9.17, 15) is 31.5 Å². The normalized spacial score (nSPS) is 15.3. The molecule has 1 aliphatic rings. The van der Waals surface area contributed by atoms with E-state index in [2.05, 4.69) is 20.3 Å². The first-order valence-electron chi connectivity index (χ1n) is 12.7. The summed E-state index contributed by atoms with van der Waals surface area (Å²) in [5.74, 6) is -3.41. The number of piperidine rings is 1. The minimum Gasteiger partial charge on any atom is -0.384 e. The largest absolute Gasteiger partial charge is 0.417 e. The summed E-state index contributed by atoms with van der Waals surface area (Å²) in [7, 11) is 0. The van der Waals surface area contributed by atoms with Gasteiger partial charge in [0.05, 0.1) is 33.6 Å². The van der Waals surface area contributed by atoms with Crippen LogP contribution < -0.4 is 11.1 Å². The van der Waals surface area contributed by atoms with Crippen LogP contribution >= 0.6 is 11.3 Å². The quantitative estimate of drug-likeness (QED) is 0.221. The number of likely N-dealkylation sites (tertiary alicyclic amines) is 1. The minimum absolute atomic E-state index is 0.0776. The van der Waals surface area contributed by atoms with Crippen LogP contribution in [0.5, 0.6) is 0 Å². The molecule has 8 nitrogen and oxygen atoms in total. The fraction of sp³-hybridized carbons (Fsp3) is 0.250. The number of hydrogen-bond acceptors (Lipinski definition) is 7. The van der Waals surface area contributed by atoms with Gasteiger partial charge in [-0.15, -0.1) is 11.3 Å². The number of pyridine rings is 2. The second-order valence-corrected chi connectivity index (χ2v) is 10.7. The van der Waals surface area contributed by atoms with E-state index in [-0.39, 0.29) is 51.7 Å². The second kappa shape index (κ2) is 11.4. The first-order chi connectivity index (χ1) is 19.9. The third kappa shape index (κ3) is 6.70. The third-order valence-electron chi connectivity index (χ3n) is 6.58. The van der Waals surface area contributed by atoms with Gasteiger partial charge in [-0.3, -0.25) is 14.6 Å². The summed E-state index contributed by atoms with van der Waals surface area (Å²) in [6, 6.07) is 8.48. The molecule has 0 saturated carbocycles. The van der Waals surface area contributed by atoms with Crippen LogP contribution in [0, 0.1) is 0 Å². The number of nitrogens with two attached hydrogens (primary N) is 1. The molecule has 1 saturated heterocycles. The number of carbonyl (C=O) groups excluding carboxylic acids is 2. The standard InChI is InChI=1S/C28H23F5N6O2S/c29-27(30)7-9-39(10-8-27)26(41)17-3-4-20(35-14-17)18-11-19(28(31,32)33)25-21(12-18)38-24(42-25)15-37-23(40)6-2-16-1-5-22(34)36-13-16/h1-6,11-14H,7-10,15H2,(H2,34,36)(H,37,40)/b6-2+. The maximum absolute atomic E-state index is 14.0. The van der Waals surface area contributed by atoms with Crippen molar-refractivity contribution in [3.05, 3.63) is 76.6 Å². The summed E-state index contributed by atoms with van der Waals surface area (Å²) in [4.78, 5) is 38.6. The Labute approximate surface area is 240 Å². The van der Waals surface area contributed by atoms with Crippen molar-refractivity contribution in [3.63, 3.8) is 0 Å². The molecule has 1 fully saturated rings. The lowest BCUT2D eigenvalue weighted by molar-refractivity contribution is -0.136. The Morgan fingerprint density at radius 1 is 1.07 bits per heavy atom. The van der Waals surface area contributed by atoms with Crippen LogP contribution in [0.1, 0.15) is 39.3 Å². The van der Waals surface area contributed by atoms with E-state index in [0.29, 0.717) is 11.4 Å². The van der Waals surface area contributed by atoms with Gasteiger partial charge in [0, 0.05) is 50.0 Å². The molecule has 0 unspecified atom stereocenters. The van der Waals surface area contributed by atoms with E-state index >= 15 is 0 Å². The van der Waals surface area contributed by atoms with E-state index < -0.39 is 42.3 Å². The first-order valence-corrected chi connectivity index (χ1v) is 13.5. The number of nitrogen functional groups attached to an aromatic ring is 1. The van der Waals surface area contributed by atoms with Crippen molar-refractivity contribution in [1.82, 2.24) is 25.2 Å². The molecule has 3 aromatic heterocycles. The number of aromatic nitrogens is 3. The van der Waals surface area contributed by atoms with E-state index in [1.54, 1.807) is 12.1 Å². The van der Waals surface area contributed by atoms with Gasteiger partial charge in [-0.1, -0.05) is 0 Å². The van der Waals surface area contributed by atoms with E-state index in [1.165, 1.54) is 47.6 Å². The van der Waals surface area contributed by atoms with Crippen LogP contribution in [-0.4, -0.2) is 50.7 Å². The molecular formula is C28H23F5N6O2S. The zero-order valence-corrected chi connectivity index (χ0v) is 22.6. The number of alkyl halides is 5. The number of halogens is 5. The number of fused-ring (bicyclic) bond motifs is 1. The molecule has 4 heterocycles. The predicted molar refractivity (Wildman–Crippen MR) is 147 cm³/mol. The average molecular weight is 603 g/mol. The third-order valence-corrected chi connectivity index (χ3v) is 7.68. The molecule has 42 heavy (non-hydrogen) atoms. The molecule has 0 radical (unpaired) electrons. The number of nitrogens with one attached hydrogen (secondary N) is 1. The number of hydrogen-bond donors (Lipinski definition) is 2. The highest BCUT2D eigenvalue weighted by atomic mass is 32.1. The van der Waals surface area contributed by atoms with Crippen LogP contribution in [0.3, 0.4) is 0 Å². The molecule has 2 amide bonds. The number of carbonyl (C=O) groups is 2. The zero-order chi connectivity index (χ0) is 30.1. The Morgan fingerprint density at radius 2 is 1.83 bits per heavy atom. The van der Waals surface area contributed by atoms with Crippen molar-refractivity contribution in [1.29, 1.82) is 0 Å². The van der Waals surface area contributed by atoms with E-state index in [1.807, 2.05) is 0 Å². The number of amides is 2. The van der Waals surface area contributed by atoms with Crippen molar-refractivity contribution in [2.75, 3.05) is 18.8 Å². The smallest absolute Gasteiger partial charge is 0.384 e. The van der Waals surface area contributed by atoms with Gasteiger partial charge in [-0.2, -0.15) is 13.2 Å². The van der Waals surface area contributed by atoms with Crippen molar-refractivity contribution in [3.8, 4) is 11.3 Å². The Morgan fingerprint density at radius 3 is 2.48 bits per heavy atom. The summed E-state index contributed by atoms with van der Waals surface area (Å²) < 4.78 is 68.8. The molecule has 0 atom stereocenters. The molecule has 218 valence electrons. The SMILES string of the molecule is Nc1ccc(/C=C/C(=O)NCc2nc3cc(-c4ccc(C(=O)N5CCC(F)(F)CC5)cn4)cc(C(F)(F)F)c3s2)cn1. The summed E-state index contributed by atoms with van der Waals surface area (Å²) in [6.45, 7) is -0.281. The highest BCUT2D eigenvalue weighted by Gasteiger charge is 2.36. The van der Waals surface area contributed by atoms with Gasteiger partial charge in [-0.25, -0.2) is 18.7 Å². The fourth-order valence-corrected chi connectivity index (χ4v) is 5.35. The number of thiazole rings is 1. The second-order valence-electron chi connectivity index (χ2n) is 9.63. The maximum Gasteiger partial charge on any atom is 0.417 e. The van der Waals surface area contributed by atoms with Crippen molar-refractivity contribution < 1.29 is 31.5 Å². The maximum atomic E-state index is 14.0. The molecular weight excluding hydrogens is 579 g/mol. The monoisotopic (exact) mass is 602 g/mol. The van der Waals surface area contributed by atoms with Gasteiger partial charge in [-0.05, 0) is 48.0 Å². The molecule has 0 spiro atoms. The van der Waals surface area contributed by atoms with Gasteiger partial charge in [0.25, 0.3) is 11.8 Å². The molecule has 14 heteroatoms. The van der Waals surface area contributed by atoms with Gasteiger partial charge in [0.1, 0.15) is 10.8 Å². The predicted octanol–water partition coefficient (Wildman–Crippen LogP) is 5.56. The van der Waals surface area contributed by atoms with Crippen LogP contribution in [0.4, 0.5) is 27.8 Å². The highest BCUT2D eigenvalue weighted by molar-refractivity contribution is 7.18. The average Bonchev–Trinajstić information content (AvgIpc) is 3.37. The van der Waals surface area contributed by atoms with Gasteiger partial charge in [0.2, 0.25) is 5.91 Å². The fourth-order valence-electron chi connectivity index (χ4n) is 4.33. The van der Waals surface area contributed by atoms with Crippen molar-refractivity contribution in [2.24, 2.45) is 0 Å².